The van der Waals surface area contributed by atoms with Crippen LogP contribution in [0.15, 0.2) is 53.4 Å². The number of likely N-dealkylation sites (N-methyl/N-ethyl adjacent to an activating group) is 1. The van der Waals surface area contributed by atoms with Gasteiger partial charge in [-0.2, -0.15) is 0 Å². The number of carbonyl (C=O) groups is 1. The second kappa shape index (κ2) is 8.85. The molecule has 0 radical (unpaired) electrons. The number of hydrogen-bond acceptors (Lipinski definition) is 6. The molecule has 0 aliphatic heterocycles. The number of nitrogens with zero attached hydrogens (tertiary/aromatic N) is 4. The summed E-state index contributed by atoms with van der Waals surface area (Å²) in [5, 5.41) is 6.43. The van der Waals surface area contributed by atoms with Gasteiger partial charge in [-0.25, -0.2) is 19.3 Å². The second-order valence-corrected chi connectivity index (χ2v) is 7.07. The molecule has 0 saturated carbocycles. The molecule has 0 fully saturated rings. The Hall–Kier alpha value is -2.91. The molecule has 144 valence electrons. The summed E-state index contributed by atoms with van der Waals surface area (Å²) < 4.78 is 14.1. The lowest BCUT2D eigenvalue weighted by molar-refractivity contribution is -0.111. The molecular weight excluding hydrogens is 427 g/mol. The van der Waals surface area contributed by atoms with Gasteiger partial charge in [0.05, 0.1) is 16.2 Å². The van der Waals surface area contributed by atoms with E-state index in [1.807, 2.05) is 19.0 Å². The number of anilines is 3. The van der Waals surface area contributed by atoms with Gasteiger partial charge in [0.25, 0.3) is 0 Å². The number of aromatic nitrogens is 3. The summed E-state index contributed by atoms with van der Waals surface area (Å²) >= 11 is 3.13. The van der Waals surface area contributed by atoms with Gasteiger partial charge in [0, 0.05) is 23.7 Å². The van der Waals surface area contributed by atoms with Crippen LogP contribution in [0.4, 0.5) is 21.7 Å². The number of nitrogens with one attached hydrogen (secondary N) is 2. The lowest BCUT2D eigenvalue weighted by Gasteiger charge is -2.10. The highest BCUT2D eigenvalue weighted by Gasteiger charge is 2.09. The van der Waals surface area contributed by atoms with Crippen LogP contribution in [0, 0.1) is 5.82 Å². The SMILES string of the molecule is CN(C)C/C=C/C(=O)Nc1cc2c(Nc3ccc(Br)c(F)c3)ncnc2cn1. The second-order valence-electron chi connectivity index (χ2n) is 6.22. The minimum Gasteiger partial charge on any atom is -0.340 e. The minimum atomic E-state index is -0.387. The summed E-state index contributed by atoms with van der Waals surface area (Å²) in [6.45, 7) is 0.657. The molecule has 0 bridgehead atoms. The van der Waals surface area contributed by atoms with E-state index in [0.29, 0.717) is 39.2 Å². The average molecular weight is 445 g/mol. The Kier molecular flexibility index (Phi) is 6.27. The topological polar surface area (TPSA) is 83.0 Å². The molecule has 1 amide bonds. The van der Waals surface area contributed by atoms with Crippen LogP contribution in [0.5, 0.6) is 0 Å². The van der Waals surface area contributed by atoms with Crippen LogP contribution in [0.3, 0.4) is 0 Å². The fraction of sp³-hybridized carbons (Fsp3) is 0.158. The number of pyridine rings is 1. The molecule has 0 aliphatic rings. The fourth-order valence-electron chi connectivity index (χ4n) is 2.38. The maximum atomic E-state index is 13.8. The molecule has 3 rings (SSSR count). The first-order valence-corrected chi connectivity index (χ1v) is 9.17. The summed E-state index contributed by atoms with van der Waals surface area (Å²) in [6.07, 6.45) is 6.15. The predicted octanol–water partition coefficient (Wildman–Crippen LogP) is 3.73. The Morgan fingerprint density at radius 3 is 2.82 bits per heavy atom. The molecule has 2 N–H and O–H groups in total. The normalized spacial score (nSPS) is 11.3. The standard InChI is InChI=1S/C19H18BrFN6O/c1-27(2)7-3-4-18(28)26-17-9-13-16(10-22-17)23-11-24-19(13)25-12-5-6-14(20)15(21)8-12/h3-6,8-11H,7H2,1-2H3,(H,22,26,28)(H,23,24,25)/b4-3+. The molecule has 1 aromatic carbocycles. The maximum absolute atomic E-state index is 13.8. The fourth-order valence-corrected chi connectivity index (χ4v) is 2.62. The quantitative estimate of drug-likeness (QED) is 0.563. The third kappa shape index (κ3) is 5.08. The van der Waals surface area contributed by atoms with Gasteiger partial charge in [-0.05, 0) is 54.3 Å². The van der Waals surface area contributed by atoms with Crippen LogP contribution in [-0.4, -0.2) is 46.4 Å². The summed E-state index contributed by atoms with van der Waals surface area (Å²) in [6, 6.07) is 6.36. The monoisotopic (exact) mass is 444 g/mol. The minimum absolute atomic E-state index is 0.282. The molecule has 28 heavy (non-hydrogen) atoms. The van der Waals surface area contributed by atoms with Gasteiger partial charge in [-0.15, -0.1) is 0 Å². The van der Waals surface area contributed by atoms with Crippen molar-refractivity contribution in [2.24, 2.45) is 0 Å². The van der Waals surface area contributed by atoms with Crippen LogP contribution < -0.4 is 10.6 Å². The summed E-state index contributed by atoms with van der Waals surface area (Å²) in [5.74, 6) is 0.178. The number of amides is 1. The molecule has 0 spiro atoms. The zero-order valence-electron chi connectivity index (χ0n) is 15.3. The molecule has 0 atom stereocenters. The van der Waals surface area contributed by atoms with Crippen molar-refractivity contribution in [3.8, 4) is 0 Å². The molecular formula is C19H18BrFN6O. The number of rotatable bonds is 6. The van der Waals surface area contributed by atoms with Crippen LogP contribution in [0.25, 0.3) is 10.9 Å². The van der Waals surface area contributed by atoms with Crippen molar-refractivity contribution in [1.29, 1.82) is 0 Å². The van der Waals surface area contributed by atoms with E-state index in [4.69, 9.17) is 0 Å². The van der Waals surface area contributed by atoms with Crippen LogP contribution in [-0.2, 0) is 4.79 Å². The highest BCUT2D eigenvalue weighted by Crippen LogP contribution is 2.26. The first-order chi connectivity index (χ1) is 13.4. The van der Waals surface area contributed by atoms with Gasteiger partial charge in [0.15, 0.2) is 0 Å². The maximum Gasteiger partial charge on any atom is 0.249 e. The molecule has 7 nitrogen and oxygen atoms in total. The van der Waals surface area contributed by atoms with Gasteiger partial charge in [-0.1, -0.05) is 6.08 Å². The molecule has 0 unspecified atom stereocenters. The average Bonchev–Trinajstić information content (AvgIpc) is 2.65. The van der Waals surface area contributed by atoms with Crippen LogP contribution in [0.2, 0.25) is 0 Å². The van der Waals surface area contributed by atoms with Crippen LogP contribution >= 0.6 is 15.9 Å². The van der Waals surface area contributed by atoms with Gasteiger partial charge >= 0.3 is 0 Å². The Bertz CT molecular complexity index is 1040. The third-order valence-corrected chi connectivity index (χ3v) is 4.34. The van der Waals surface area contributed by atoms with E-state index >= 15 is 0 Å². The molecule has 0 saturated heterocycles. The number of carbonyl (C=O) groups excluding carboxylic acids is 1. The first-order valence-electron chi connectivity index (χ1n) is 8.37. The molecule has 3 aromatic rings. The highest BCUT2D eigenvalue weighted by atomic mass is 79.9. The number of benzene rings is 1. The van der Waals surface area contributed by atoms with Gasteiger partial charge in [-0.3, -0.25) is 4.79 Å². The van der Waals surface area contributed by atoms with Crippen LogP contribution in [0.1, 0.15) is 0 Å². The molecule has 0 aliphatic carbocycles. The third-order valence-electron chi connectivity index (χ3n) is 3.70. The van der Waals surface area contributed by atoms with Gasteiger partial charge in [0.2, 0.25) is 5.91 Å². The van der Waals surface area contributed by atoms with Crippen molar-refractivity contribution in [2.45, 2.75) is 0 Å². The molecule has 2 aromatic heterocycles. The van der Waals surface area contributed by atoms with Gasteiger partial charge < -0.3 is 15.5 Å². The summed E-state index contributed by atoms with van der Waals surface area (Å²) in [7, 11) is 3.83. The van der Waals surface area contributed by atoms with E-state index in [1.54, 1.807) is 30.5 Å². The summed E-state index contributed by atoms with van der Waals surface area (Å²) in [4.78, 5) is 26.6. The lowest BCUT2D eigenvalue weighted by atomic mass is 10.2. The Balaban J connectivity index is 1.84. The smallest absolute Gasteiger partial charge is 0.249 e. The zero-order chi connectivity index (χ0) is 20.1. The van der Waals surface area contributed by atoms with Crippen molar-refractivity contribution in [3.63, 3.8) is 0 Å². The van der Waals surface area contributed by atoms with Crippen molar-refractivity contribution < 1.29 is 9.18 Å². The van der Waals surface area contributed by atoms with E-state index in [1.165, 1.54) is 18.5 Å². The van der Waals surface area contributed by atoms with E-state index in [-0.39, 0.29) is 11.7 Å². The van der Waals surface area contributed by atoms with Gasteiger partial charge in [0.1, 0.15) is 23.8 Å². The Labute approximate surface area is 169 Å². The number of hydrogen-bond donors (Lipinski definition) is 2. The van der Waals surface area contributed by atoms with Crippen molar-refractivity contribution in [2.75, 3.05) is 31.3 Å². The molecule has 9 heteroatoms. The number of halogens is 2. The van der Waals surface area contributed by atoms with E-state index in [9.17, 15) is 9.18 Å². The number of fused-ring (bicyclic) bond motifs is 1. The lowest BCUT2D eigenvalue weighted by Crippen LogP contribution is -2.13. The predicted molar refractivity (Wildman–Crippen MR) is 111 cm³/mol. The summed E-state index contributed by atoms with van der Waals surface area (Å²) in [5.41, 5.74) is 1.13. The largest absolute Gasteiger partial charge is 0.340 e. The van der Waals surface area contributed by atoms with E-state index in [0.717, 1.165) is 0 Å². The van der Waals surface area contributed by atoms with E-state index in [2.05, 4.69) is 41.5 Å². The molecule has 2 heterocycles. The highest BCUT2D eigenvalue weighted by molar-refractivity contribution is 9.10. The van der Waals surface area contributed by atoms with Crippen molar-refractivity contribution in [3.05, 3.63) is 59.2 Å². The Morgan fingerprint density at radius 2 is 2.07 bits per heavy atom. The Morgan fingerprint density at radius 1 is 1.25 bits per heavy atom. The zero-order valence-corrected chi connectivity index (χ0v) is 16.9. The van der Waals surface area contributed by atoms with E-state index < -0.39 is 0 Å². The van der Waals surface area contributed by atoms with Crippen molar-refractivity contribution >= 4 is 50.1 Å². The first kappa shape index (κ1) is 19.8. The van der Waals surface area contributed by atoms with Crippen molar-refractivity contribution in [1.82, 2.24) is 19.9 Å².